The molecule has 0 unspecified atom stereocenters. The van der Waals surface area contributed by atoms with Crippen LogP contribution in [0.5, 0.6) is 0 Å². The van der Waals surface area contributed by atoms with Crippen molar-refractivity contribution in [2.75, 3.05) is 7.11 Å². The van der Waals surface area contributed by atoms with Crippen LogP contribution in [0.1, 0.15) is 13.8 Å². The van der Waals surface area contributed by atoms with E-state index in [1.807, 2.05) is 24.6 Å². The van der Waals surface area contributed by atoms with Gasteiger partial charge in [-0.05, 0) is 36.4 Å². The van der Waals surface area contributed by atoms with Gasteiger partial charge in [0.25, 0.3) is 0 Å². The molecule has 0 N–H and O–H groups in total. The van der Waals surface area contributed by atoms with Gasteiger partial charge in [-0.2, -0.15) is 0 Å². The molecule has 0 fully saturated rings. The fourth-order valence-corrected chi connectivity index (χ4v) is 1.12. The quantitative estimate of drug-likeness (QED) is 0.763. The van der Waals surface area contributed by atoms with Gasteiger partial charge in [0.1, 0.15) is 9.43 Å². The zero-order valence-corrected chi connectivity index (χ0v) is 8.99. The van der Waals surface area contributed by atoms with E-state index in [-0.39, 0.29) is 5.72 Å². The second kappa shape index (κ2) is 3.10. The molecule has 0 amide bonds. The van der Waals surface area contributed by atoms with E-state index in [1.165, 1.54) is 0 Å². The van der Waals surface area contributed by atoms with Gasteiger partial charge in [-0.3, -0.25) is 0 Å². The van der Waals surface area contributed by atoms with Gasteiger partial charge < -0.3 is 9.30 Å². The maximum Gasteiger partial charge on any atom is 0.139 e. The summed E-state index contributed by atoms with van der Waals surface area (Å²) in [7, 11) is 1.69. The molecule has 4 heteroatoms. The van der Waals surface area contributed by atoms with Crippen molar-refractivity contribution in [1.82, 2.24) is 9.55 Å². The Morgan fingerprint density at radius 3 is 2.64 bits per heavy atom. The Morgan fingerprint density at radius 1 is 1.64 bits per heavy atom. The zero-order chi connectivity index (χ0) is 8.48. The zero-order valence-electron chi connectivity index (χ0n) is 6.84. The van der Waals surface area contributed by atoms with Gasteiger partial charge in [0.2, 0.25) is 0 Å². The Hall–Kier alpha value is -0.100. The molecule has 62 valence electrons. The lowest BCUT2D eigenvalue weighted by atomic mass is 10.3. The van der Waals surface area contributed by atoms with Gasteiger partial charge in [0.05, 0.1) is 6.33 Å². The Kier molecular flexibility index (Phi) is 2.54. The number of hydrogen-bond donors (Lipinski definition) is 0. The Balaban J connectivity index is 2.92. The first kappa shape index (κ1) is 8.99. The van der Waals surface area contributed by atoms with E-state index >= 15 is 0 Å². The van der Waals surface area contributed by atoms with Gasteiger partial charge in [-0.1, -0.05) is 0 Å². The van der Waals surface area contributed by atoms with Crippen LogP contribution in [0.15, 0.2) is 12.5 Å². The molecule has 0 bridgehead atoms. The summed E-state index contributed by atoms with van der Waals surface area (Å²) in [5.41, 5.74) is -0.295. The summed E-state index contributed by atoms with van der Waals surface area (Å²) in [6.07, 6.45) is 3.72. The van der Waals surface area contributed by atoms with E-state index < -0.39 is 0 Å². The molecule has 3 nitrogen and oxygen atoms in total. The first-order valence-corrected chi connectivity index (χ1v) is 4.39. The van der Waals surface area contributed by atoms with Crippen molar-refractivity contribution >= 4 is 22.6 Å². The molecule has 0 saturated heterocycles. The molecule has 0 atom stereocenters. The second-order valence-electron chi connectivity index (χ2n) is 2.75. The smallest absolute Gasteiger partial charge is 0.139 e. The van der Waals surface area contributed by atoms with Crippen LogP contribution in [0.25, 0.3) is 0 Å². The highest BCUT2D eigenvalue weighted by atomic mass is 127. The number of methoxy groups -OCH3 is 1. The minimum atomic E-state index is -0.295. The molecule has 11 heavy (non-hydrogen) atoms. The number of hydrogen-bond acceptors (Lipinski definition) is 2. The maximum atomic E-state index is 5.26. The molecule has 1 rings (SSSR count). The second-order valence-corrected chi connectivity index (χ2v) is 3.86. The normalized spacial score (nSPS) is 12.0. The van der Waals surface area contributed by atoms with Gasteiger partial charge >= 0.3 is 0 Å². The summed E-state index contributed by atoms with van der Waals surface area (Å²) in [5, 5.41) is 0. The topological polar surface area (TPSA) is 27.1 Å². The standard InChI is InChI=1S/C7H11IN2O/c1-7(2,11-3)10-4-6(8)9-5-10/h4-5H,1-3H3. The molecular weight excluding hydrogens is 255 g/mol. The Bertz CT molecular complexity index is 244. The molecule has 1 heterocycles. The number of rotatable bonds is 2. The summed E-state index contributed by atoms with van der Waals surface area (Å²) < 4.78 is 8.18. The van der Waals surface area contributed by atoms with E-state index in [4.69, 9.17) is 4.74 Å². The molecule has 0 radical (unpaired) electrons. The minimum absolute atomic E-state index is 0.295. The van der Waals surface area contributed by atoms with Gasteiger partial charge in [-0.25, -0.2) is 4.98 Å². The summed E-state index contributed by atoms with van der Waals surface area (Å²) in [6.45, 7) is 3.98. The average molecular weight is 266 g/mol. The van der Waals surface area contributed by atoms with E-state index in [2.05, 4.69) is 27.6 Å². The fourth-order valence-electron chi connectivity index (χ4n) is 0.699. The molecule has 0 saturated carbocycles. The fraction of sp³-hybridized carbons (Fsp3) is 0.571. The van der Waals surface area contributed by atoms with Crippen molar-refractivity contribution in [2.45, 2.75) is 19.6 Å². The highest BCUT2D eigenvalue weighted by molar-refractivity contribution is 14.1. The van der Waals surface area contributed by atoms with Crippen molar-refractivity contribution in [3.63, 3.8) is 0 Å². The van der Waals surface area contributed by atoms with Gasteiger partial charge in [-0.15, -0.1) is 0 Å². The maximum absolute atomic E-state index is 5.26. The molecule has 0 aliphatic heterocycles. The predicted octanol–water partition coefficient (Wildman–Crippen LogP) is 1.83. The summed E-state index contributed by atoms with van der Waals surface area (Å²) in [5.74, 6) is 0. The van der Waals surface area contributed by atoms with Crippen molar-refractivity contribution < 1.29 is 4.74 Å². The van der Waals surface area contributed by atoms with E-state index in [0.717, 1.165) is 3.70 Å². The Morgan fingerprint density at radius 2 is 2.27 bits per heavy atom. The average Bonchev–Trinajstić information content (AvgIpc) is 2.36. The van der Waals surface area contributed by atoms with Crippen LogP contribution in [0.3, 0.4) is 0 Å². The van der Waals surface area contributed by atoms with Gasteiger partial charge in [0, 0.05) is 13.3 Å². The van der Waals surface area contributed by atoms with Crippen LogP contribution in [0.4, 0.5) is 0 Å². The molecule has 1 aromatic heterocycles. The molecule has 0 aromatic carbocycles. The van der Waals surface area contributed by atoms with E-state index in [9.17, 15) is 0 Å². The van der Waals surface area contributed by atoms with Crippen LogP contribution in [-0.2, 0) is 10.5 Å². The van der Waals surface area contributed by atoms with Crippen LogP contribution < -0.4 is 0 Å². The third-order valence-corrected chi connectivity index (χ3v) is 2.23. The summed E-state index contributed by atoms with van der Waals surface area (Å²) in [4.78, 5) is 4.10. The van der Waals surface area contributed by atoms with E-state index in [0.29, 0.717) is 0 Å². The monoisotopic (exact) mass is 266 g/mol. The highest BCUT2D eigenvalue weighted by Crippen LogP contribution is 2.16. The number of imidazole rings is 1. The number of halogens is 1. The van der Waals surface area contributed by atoms with Crippen molar-refractivity contribution in [1.29, 1.82) is 0 Å². The van der Waals surface area contributed by atoms with Crippen LogP contribution in [-0.4, -0.2) is 16.7 Å². The van der Waals surface area contributed by atoms with Crippen molar-refractivity contribution in [2.24, 2.45) is 0 Å². The molecular formula is C7H11IN2O. The van der Waals surface area contributed by atoms with Crippen molar-refractivity contribution in [3.8, 4) is 0 Å². The van der Waals surface area contributed by atoms with Crippen molar-refractivity contribution in [3.05, 3.63) is 16.2 Å². The molecule has 0 aliphatic rings. The minimum Gasteiger partial charge on any atom is -0.359 e. The summed E-state index contributed by atoms with van der Waals surface area (Å²) >= 11 is 2.17. The largest absolute Gasteiger partial charge is 0.359 e. The predicted molar refractivity (Wildman–Crippen MR) is 51.3 cm³/mol. The first-order valence-electron chi connectivity index (χ1n) is 3.31. The number of nitrogens with zero attached hydrogens (tertiary/aromatic N) is 2. The third kappa shape index (κ3) is 1.93. The number of ether oxygens (including phenoxy) is 1. The lowest BCUT2D eigenvalue weighted by Gasteiger charge is -2.24. The number of aromatic nitrogens is 2. The molecule has 0 aliphatic carbocycles. The molecule has 0 spiro atoms. The lowest BCUT2D eigenvalue weighted by Crippen LogP contribution is -2.26. The van der Waals surface area contributed by atoms with E-state index in [1.54, 1.807) is 13.4 Å². The highest BCUT2D eigenvalue weighted by Gasteiger charge is 2.17. The first-order chi connectivity index (χ1) is 5.06. The SMILES string of the molecule is COC(C)(C)n1cnc(I)c1. The molecule has 1 aromatic rings. The summed E-state index contributed by atoms with van der Waals surface area (Å²) in [6, 6.07) is 0. The van der Waals surface area contributed by atoms with Crippen LogP contribution in [0.2, 0.25) is 0 Å². The lowest BCUT2D eigenvalue weighted by molar-refractivity contribution is -0.0452. The Labute approximate surface area is 79.9 Å². The van der Waals surface area contributed by atoms with Crippen LogP contribution in [0, 0.1) is 3.70 Å². The third-order valence-electron chi connectivity index (χ3n) is 1.67. The van der Waals surface area contributed by atoms with Gasteiger partial charge in [0.15, 0.2) is 0 Å². The van der Waals surface area contributed by atoms with Crippen LogP contribution >= 0.6 is 22.6 Å².